The molecule has 4 rings (SSSR count). The zero-order valence-electron chi connectivity index (χ0n) is 17.8. The number of hydrogen-bond acceptors (Lipinski definition) is 4. The highest BCUT2D eigenvalue weighted by molar-refractivity contribution is 7.92. The van der Waals surface area contributed by atoms with E-state index in [9.17, 15) is 18.0 Å². The van der Waals surface area contributed by atoms with Crippen molar-refractivity contribution in [2.45, 2.75) is 11.8 Å². The van der Waals surface area contributed by atoms with E-state index in [1.165, 1.54) is 15.2 Å². The number of fused-ring (bicyclic) bond motifs is 1. The summed E-state index contributed by atoms with van der Waals surface area (Å²) in [4.78, 5) is 25.0. The predicted molar refractivity (Wildman–Crippen MR) is 125 cm³/mol. The molecule has 32 heavy (non-hydrogen) atoms. The third-order valence-electron chi connectivity index (χ3n) is 5.30. The van der Waals surface area contributed by atoms with Crippen molar-refractivity contribution in [1.29, 1.82) is 0 Å². The molecule has 0 saturated carbocycles. The van der Waals surface area contributed by atoms with Gasteiger partial charge in [0, 0.05) is 31.0 Å². The Morgan fingerprint density at radius 2 is 1.53 bits per heavy atom. The first kappa shape index (κ1) is 21.4. The zero-order chi connectivity index (χ0) is 23.0. The Morgan fingerprint density at radius 3 is 2.25 bits per heavy atom. The monoisotopic (exact) mass is 450 g/mol. The van der Waals surface area contributed by atoms with Gasteiger partial charge in [0.2, 0.25) is 0 Å². The maximum atomic E-state index is 12.9. The second-order valence-electron chi connectivity index (χ2n) is 7.51. The number of benzene rings is 3. The van der Waals surface area contributed by atoms with Crippen molar-refractivity contribution in [3.8, 4) is 0 Å². The van der Waals surface area contributed by atoms with Crippen LogP contribution in [0.4, 0.5) is 11.4 Å². The Hall–Kier alpha value is -3.85. The summed E-state index contributed by atoms with van der Waals surface area (Å²) in [7, 11) is -0.539. The third-order valence-corrected chi connectivity index (χ3v) is 6.82. The number of rotatable bonds is 5. The van der Waals surface area contributed by atoms with Gasteiger partial charge in [-0.3, -0.25) is 18.7 Å². The summed E-state index contributed by atoms with van der Waals surface area (Å²) < 4.78 is 31.3. The molecule has 8 nitrogen and oxygen atoms in total. The number of aromatic nitrogens is 2. The Morgan fingerprint density at radius 1 is 0.844 bits per heavy atom. The molecule has 0 radical (unpaired) electrons. The minimum atomic E-state index is -3.88. The standard InChI is InChI=1S/C23H22N4O4S/c1-15-9-10-16(13-21(15)32(30,31)25-17-7-5-4-6-8-17)22(28)24-18-11-12-19-20(14-18)27(3)23(29)26(19)2/h4-14,25H,1-3H3,(H,24,28). The first-order valence-corrected chi connectivity index (χ1v) is 11.3. The van der Waals surface area contributed by atoms with Gasteiger partial charge < -0.3 is 5.32 Å². The Labute approximate surface area is 185 Å². The topological polar surface area (TPSA) is 102 Å². The van der Waals surface area contributed by atoms with Crippen LogP contribution < -0.4 is 15.7 Å². The predicted octanol–water partition coefficient (Wildman–Crippen LogP) is 3.24. The molecule has 1 aromatic heterocycles. The first-order valence-electron chi connectivity index (χ1n) is 9.83. The smallest absolute Gasteiger partial charge is 0.322 e. The Kier molecular flexibility index (Phi) is 5.35. The van der Waals surface area contributed by atoms with E-state index in [0.717, 1.165) is 5.52 Å². The number of carbonyl (C=O) groups excluding carboxylic acids is 1. The summed E-state index contributed by atoms with van der Waals surface area (Å²) in [6.07, 6.45) is 0. The molecule has 0 aliphatic rings. The number of sulfonamides is 1. The number of nitrogens with one attached hydrogen (secondary N) is 2. The van der Waals surface area contributed by atoms with E-state index in [1.54, 1.807) is 81.7 Å². The van der Waals surface area contributed by atoms with Crippen LogP contribution in [0, 0.1) is 6.92 Å². The van der Waals surface area contributed by atoms with Gasteiger partial charge in [0.15, 0.2) is 0 Å². The van der Waals surface area contributed by atoms with Crippen molar-refractivity contribution in [2.24, 2.45) is 14.1 Å². The van der Waals surface area contributed by atoms with Gasteiger partial charge in [-0.1, -0.05) is 24.3 Å². The molecule has 9 heteroatoms. The molecule has 0 saturated heterocycles. The summed E-state index contributed by atoms with van der Waals surface area (Å²) in [6, 6.07) is 18.2. The Bertz CT molecular complexity index is 1500. The molecule has 0 atom stereocenters. The number of carbonyl (C=O) groups is 1. The van der Waals surface area contributed by atoms with Crippen LogP contribution in [0.1, 0.15) is 15.9 Å². The lowest BCUT2D eigenvalue weighted by Crippen LogP contribution is -2.19. The van der Waals surface area contributed by atoms with Crippen LogP contribution in [0.25, 0.3) is 11.0 Å². The number of para-hydroxylation sites is 1. The molecule has 0 aliphatic heterocycles. The van der Waals surface area contributed by atoms with Crippen molar-refractivity contribution in [2.75, 3.05) is 10.0 Å². The van der Waals surface area contributed by atoms with Crippen LogP contribution in [0.2, 0.25) is 0 Å². The highest BCUT2D eigenvalue weighted by Gasteiger charge is 2.20. The summed E-state index contributed by atoms with van der Waals surface area (Å²) in [5.41, 5.74) is 2.90. The minimum Gasteiger partial charge on any atom is -0.322 e. The molecule has 0 bridgehead atoms. The van der Waals surface area contributed by atoms with Crippen molar-refractivity contribution in [1.82, 2.24) is 9.13 Å². The average molecular weight is 451 g/mol. The van der Waals surface area contributed by atoms with Crippen LogP contribution >= 0.6 is 0 Å². The molecule has 2 N–H and O–H groups in total. The summed E-state index contributed by atoms with van der Waals surface area (Å²) in [5.74, 6) is -0.457. The van der Waals surface area contributed by atoms with Crippen LogP contribution in [0.3, 0.4) is 0 Å². The van der Waals surface area contributed by atoms with E-state index >= 15 is 0 Å². The molecule has 164 valence electrons. The molecule has 0 spiro atoms. The first-order chi connectivity index (χ1) is 15.2. The number of anilines is 2. The van der Waals surface area contributed by atoms with E-state index in [2.05, 4.69) is 10.0 Å². The maximum Gasteiger partial charge on any atom is 0.328 e. The number of hydrogen-bond donors (Lipinski definition) is 2. The lowest BCUT2D eigenvalue weighted by atomic mass is 10.1. The van der Waals surface area contributed by atoms with Gasteiger partial charge in [0.05, 0.1) is 15.9 Å². The van der Waals surface area contributed by atoms with Crippen molar-refractivity contribution in [3.05, 3.63) is 88.3 Å². The molecule has 0 unspecified atom stereocenters. The van der Waals surface area contributed by atoms with Gasteiger partial charge in [0.1, 0.15) is 0 Å². The van der Waals surface area contributed by atoms with Crippen LogP contribution in [0.5, 0.6) is 0 Å². The summed E-state index contributed by atoms with van der Waals surface area (Å²) in [6.45, 7) is 1.67. The Balaban J connectivity index is 1.63. The highest BCUT2D eigenvalue weighted by atomic mass is 32.2. The summed E-state index contributed by atoms with van der Waals surface area (Å²) in [5, 5.41) is 2.78. The SMILES string of the molecule is Cc1ccc(C(=O)Nc2ccc3c(c2)n(C)c(=O)n3C)cc1S(=O)(=O)Nc1ccccc1. The fraction of sp³-hybridized carbons (Fsp3) is 0.130. The maximum absolute atomic E-state index is 12.9. The molecular formula is C23H22N4O4S. The molecule has 1 heterocycles. The van der Waals surface area contributed by atoms with Gasteiger partial charge in [0.25, 0.3) is 15.9 Å². The van der Waals surface area contributed by atoms with Crippen molar-refractivity contribution < 1.29 is 13.2 Å². The third kappa shape index (κ3) is 3.90. The van der Waals surface area contributed by atoms with E-state index < -0.39 is 15.9 Å². The quantitative estimate of drug-likeness (QED) is 0.487. The highest BCUT2D eigenvalue weighted by Crippen LogP contribution is 2.22. The molecule has 3 aromatic carbocycles. The number of aryl methyl sites for hydroxylation is 3. The van der Waals surface area contributed by atoms with E-state index in [0.29, 0.717) is 22.5 Å². The zero-order valence-corrected chi connectivity index (χ0v) is 18.6. The lowest BCUT2D eigenvalue weighted by Gasteiger charge is -2.12. The van der Waals surface area contributed by atoms with Crippen LogP contribution in [-0.2, 0) is 24.1 Å². The van der Waals surface area contributed by atoms with Gasteiger partial charge in [-0.15, -0.1) is 0 Å². The van der Waals surface area contributed by atoms with Gasteiger partial charge >= 0.3 is 5.69 Å². The summed E-state index contributed by atoms with van der Waals surface area (Å²) >= 11 is 0. The number of imidazole rings is 1. The number of amides is 1. The second-order valence-corrected chi connectivity index (χ2v) is 9.16. The van der Waals surface area contributed by atoms with Crippen molar-refractivity contribution >= 4 is 38.3 Å². The molecule has 0 aliphatic carbocycles. The normalized spacial score (nSPS) is 11.5. The van der Waals surface area contributed by atoms with Crippen molar-refractivity contribution in [3.63, 3.8) is 0 Å². The number of nitrogens with zero attached hydrogens (tertiary/aromatic N) is 2. The molecule has 0 fully saturated rings. The molecule has 4 aromatic rings. The van der Waals surface area contributed by atoms with E-state index in [4.69, 9.17) is 0 Å². The van der Waals surface area contributed by atoms with E-state index in [1.807, 2.05) is 0 Å². The van der Waals surface area contributed by atoms with Crippen LogP contribution in [-0.4, -0.2) is 23.5 Å². The lowest BCUT2D eigenvalue weighted by molar-refractivity contribution is 0.102. The second kappa shape index (κ2) is 8.01. The van der Waals surface area contributed by atoms with Gasteiger partial charge in [-0.05, 0) is 55.0 Å². The van der Waals surface area contributed by atoms with Gasteiger partial charge in [-0.2, -0.15) is 0 Å². The largest absolute Gasteiger partial charge is 0.328 e. The van der Waals surface area contributed by atoms with Crippen LogP contribution in [0.15, 0.2) is 76.4 Å². The molecule has 1 amide bonds. The minimum absolute atomic E-state index is 0.0231. The fourth-order valence-corrected chi connectivity index (χ4v) is 4.87. The molecular weight excluding hydrogens is 428 g/mol. The van der Waals surface area contributed by atoms with E-state index in [-0.39, 0.29) is 16.1 Å². The fourth-order valence-electron chi connectivity index (χ4n) is 3.53. The average Bonchev–Trinajstić information content (AvgIpc) is 2.98. The van der Waals surface area contributed by atoms with Gasteiger partial charge in [-0.25, -0.2) is 13.2 Å².